The van der Waals surface area contributed by atoms with Gasteiger partial charge in [0.25, 0.3) is 5.91 Å². The van der Waals surface area contributed by atoms with Crippen LogP contribution in [0.2, 0.25) is 0 Å². The fourth-order valence-corrected chi connectivity index (χ4v) is 4.98. The first-order valence-corrected chi connectivity index (χ1v) is 12.8. The smallest absolute Gasteiger partial charge is 0.255 e. The zero-order valence-corrected chi connectivity index (χ0v) is 21.1. The van der Waals surface area contributed by atoms with Gasteiger partial charge in [-0.1, -0.05) is 0 Å². The molecule has 0 unspecified atom stereocenters. The Kier molecular flexibility index (Phi) is 7.10. The number of carbonyl (C=O) groups is 2. The summed E-state index contributed by atoms with van der Waals surface area (Å²) in [6.45, 7) is 3.53. The molecule has 4 N–H and O–H groups in total. The van der Waals surface area contributed by atoms with Crippen molar-refractivity contribution in [2.24, 2.45) is 5.92 Å². The van der Waals surface area contributed by atoms with Crippen molar-refractivity contribution in [2.75, 3.05) is 13.2 Å². The maximum atomic E-state index is 14.4. The molecule has 0 bridgehead atoms. The van der Waals surface area contributed by atoms with Crippen LogP contribution in [0.4, 0.5) is 4.39 Å². The molecule has 10 heteroatoms. The lowest BCUT2D eigenvalue weighted by Crippen LogP contribution is -2.44. The van der Waals surface area contributed by atoms with Gasteiger partial charge >= 0.3 is 0 Å². The molecule has 2 aromatic heterocycles. The first-order valence-electron chi connectivity index (χ1n) is 12.8. The van der Waals surface area contributed by atoms with Crippen LogP contribution in [0, 0.1) is 25.6 Å². The van der Waals surface area contributed by atoms with Gasteiger partial charge in [-0.05, 0) is 69.9 Å². The summed E-state index contributed by atoms with van der Waals surface area (Å²) < 4.78 is 20.4. The Morgan fingerprint density at radius 2 is 1.78 bits per heavy atom. The van der Waals surface area contributed by atoms with Crippen LogP contribution in [0.3, 0.4) is 0 Å². The quantitative estimate of drug-likeness (QED) is 0.369. The van der Waals surface area contributed by atoms with Gasteiger partial charge in [0.15, 0.2) is 0 Å². The summed E-state index contributed by atoms with van der Waals surface area (Å²) in [5, 5.41) is 14.8. The number of aromatic nitrogens is 3. The van der Waals surface area contributed by atoms with Crippen molar-refractivity contribution >= 4 is 22.8 Å². The Morgan fingerprint density at radius 1 is 1.08 bits per heavy atom. The minimum atomic E-state index is -0.522. The third-order valence-corrected chi connectivity index (χ3v) is 7.26. The first kappa shape index (κ1) is 25.1. The number of ether oxygens (including phenoxy) is 1. The molecule has 2 fully saturated rings. The fourth-order valence-electron chi connectivity index (χ4n) is 4.98. The van der Waals surface area contributed by atoms with Crippen molar-refractivity contribution < 1.29 is 23.8 Å². The predicted molar refractivity (Wildman–Crippen MR) is 136 cm³/mol. The normalized spacial score (nSPS) is 19.6. The molecule has 37 heavy (non-hydrogen) atoms. The number of aliphatic hydroxyl groups excluding tert-OH is 1. The van der Waals surface area contributed by atoms with Crippen LogP contribution < -0.4 is 15.4 Å². The van der Waals surface area contributed by atoms with Crippen molar-refractivity contribution in [3.05, 3.63) is 41.1 Å². The van der Waals surface area contributed by atoms with Crippen LogP contribution in [0.5, 0.6) is 5.75 Å². The van der Waals surface area contributed by atoms with E-state index in [4.69, 9.17) is 9.84 Å². The largest absolute Gasteiger partial charge is 0.492 e. The number of hydrogen-bond donors (Lipinski definition) is 4. The minimum absolute atomic E-state index is 0.00780. The Morgan fingerprint density at radius 3 is 2.46 bits per heavy atom. The molecule has 9 nitrogen and oxygen atoms in total. The number of nitrogens with one attached hydrogen (secondary N) is 3. The lowest BCUT2D eigenvalue weighted by Gasteiger charge is -2.29. The minimum Gasteiger partial charge on any atom is -0.492 e. The van der Waals surface area contributed by atoms with E-state index in [0.717, 1.165) is 38.5 Å². The summed E-state index contributed by atoms with van der Waals surface area (Å²) >= 11 is 0. The third-order valence-electron chi connectivity index (χ3n) is 7.26. The number of fused-ring (bicyclic) bond motifs is 1. The monoisotopic (exact) mass is 509 g/mol. The average Bonchev–Trinajstić information content (AvgIpc) is 3.65. The van der Waals surface area contributed by atoms with Crippen molar-refractivity contribution in [3.63, 3.8) is 0 Å². The number of H-pyrrole nitrogens is 1. The molecule has 0 spiro atoms. The molecule has 3 aromatic rings. The van der Waals surface area contributed by atoms with Crippen LogP contribution in [0.15, 0.2) is 18.5 Å². The number of rotatable bonds is 8. The zero-order valence-electron chi connectivity index (χ0n) is 21.1. The van der Waals surface area contributed by atoms with Gasteiger partial charge in [0.1, 0.15) is 35.7 Å². The molecule has 1 aromatic carbocycles. The third kappa shape index (κ3) is 5.44. The second-order valence-corrected chi connectivity index (χ2v) is 10.2. The van der Waals surface area contributed by atoms with E-state index in [1.54, 1.807) is 13.0 Å². The van der Waals surface area contributed by atoms with Crippen molar-refractivity contribution in [1.82, 2.24) is 25.6 Å². The van der Waals surface area contributed by atoms with Gasteiger partial charge in [-0.2, -0.15) is 0 Å². The highest BCUT2D eigenvalue weighted by Crippen LogP contribution is 2.37. The number of aryl methyl sites for hydroxylation is 2. The zero-order chi connectivity index (χ0) is 26.1. The second-order valence-electron chi connectivity index (χ2n) is 10.2. The number of halogens is 1. The Labute approximate surface area is 214 Å². The van der Waals surface area contributed by atoms with Gasteiger partial charge in [-0.15, -0.1) is 0 Å². The first-order chi connectivity index (χ1) is 17.8. The molecule has 2 amide bonds. The molecule has 2 aliphatic carbocycles. The van der Waals surface area contributed by atoms with Crippen LogP contribution in [0.1, 0.15) is 60.1 Å². The molecule has 2 heterocycles. The summed E-state index contributed by atoms with van der Waals surface area (Å²) in [6, 6.07) is 3.11. The lowest BCUT2D eigenvalue weighted by molar-refractivity contribution is -0.124. The van der Waals surface area contributed by atoms with E-state index < -0.39 is 6.61 Å². The SMILES string of the molecule is Cc1cc(-c2ncnc3c(C(=O)NC4CCC(NC(=O)CO)CC4)c(C)[nH]c23)c(OCC2CC2)cc1F. The van der Waals surface area contributed by atoms with Gasteiger partial charge < -0.3 is 25.5 Å². The highest BCUT2D eigenvalue weighted by molar-refractivity contribution is 6.09. The van der Waals surface area contributed by atoms with Gasteiger partial charge in [0.05, 0.1) is 17.7 Å². The Bertz CT molecular complexity index is 1330. The molecule has 2 aliphatic rings. The van der Waals surface area contributed by atoms with Crippen LogP contribution in [0.25, 0.3) is 22.3 Å². The summed E-state index contributed by atoms with van der Waals surface area (Å²) in [5.74, 6) is -0.00946. The number of amides is 2. The van der Waals surface area contributed by atoms with Gasteiger partial charge in [0.2, 0.25) is 5.91 Å². The number of nitrogens with zero attached hydrogens (tertiary/aromatic N) is 2. The summed E-state index contributed by atoms with van der Waals surface area (Å²) in [7, 11) is 0. The molecule has 0 saturated heterocycles. The van der Waals surface area contributed by atoms with Gasteiger partial charge in [-0.25, -0.2) is 14.4 Å². The molecular weight excluding hydrogens is 477 g/mol. The fraction of sp³-hybridized carbons (Fsp3) is 0.481. The average molecular weight is 510 g/mol. The van der Waals surface area contributed by atoms with E-state index in [-0.39, 0.29) is 29.7 Å². The van der Waals surface area contributed by atoms with Gasteiger partial charge in [-0.3, -0.25) is 9.59 Å². The standard InChI is InChI=1S/C27H32FN5O4/c1-14-9-19(21(10-20(14)28)37-12-16-3-4-16)24-26-25(30-13-29-24)23(15(2)31-26)27(36)33-18-7-5-17(6-8-18)32-22(35)11-34/h9-10,13,16-18,31,34H,3-8,11-12H2,1-2H3,(H,32,35)(H,33,36). The summed E-state index contributed by atoms with van der Waals surface area (Å²) in [4.78, 5) is 37.0. The molecule has 5 rings (SSSR count). The highest BCUT2D eigenvalue weighted by atomic mass is 19.1. The topological polar surface area (TPSA) is 129 Å². The number of carbonyl (C=O) groups excluding carboxylic acids is 2. The summed E-state index contributed by atoms with van der Waals surface area (Å²) in [6.07, 6.45) is 6.55. The summed E-state index contributed by atoms with van der Waals surface area (Å²) in [5.41, 5.74) is 3.91. The highest BCUT2D eigenvalue weighted by Gasteiger charge is 2.28. The van der Waals surface area contributed by atoms with Gasteiger partial charge in [0, 0.05) is 29.4 Å². The molecular formula is C27H32FN5O4. The van der Waals surface area contributed by atoms with E-state index in [9.17, 15) is 14.0 Å². The molecule has 0 aliphatic heterocycles. The van der Waals surface area contributed by atoms with E-state index >= 15 is 0 Å². The van der Waals surface area contributed by atoms with E-state index in [1.165, 1.54) is 12.4 Å². The molecule has 0 radical (unpaired) electrons. The molecule has 196 valence electrons. The lowest BCUT2D eigenvalue weighted by atomic mass is 9.91. The molecule has 0 atom stereocenters. The van der Waals surface area contributed by atoms with Crippen molar-refractivity contribution in [3.8, 4) is 17.0 Å². The Balaban J connectivity index is 1.39. The van der Waals surface area contributed by atoms with Crippen LogP contribution >= 0.6 is 0 Å². The second kappa shape index (κ2) is 10.5. The van der Waals surface area contributed by atoms with Crippen molar-refractivity contribution in [2.45, 2.75) is 64.5 Å². The number of aromatic amines is 1. The number of aliphatic hydroxyl groups is 1. The van der Waals surface area contributed by atoms with Crippen LogP contribution in [-0.2, 0) is 4.79 Å². The van der Waals surface area contributed by atoms with E-state index in [2.05, 4.69) is 25.6 Å². The number of benzene rings is 1. The number of hydrogen-bond acceptors (Lipinski definition) is 6. The van der Waals surface area contributed by atoms with E-state index in [0.29, 0.717) is 57.4 Å². The van der Waals surface area contributed by atoms with Crippen LogP contribution in [-0.4, -0.2) is 57.2 Å². The Hall–Kier alpha value is -3.53. The maximum absolute atomic E-state index is 14.4. The van der Waals surface area contributed by atoms with E-state index in [1.807, 2.05) is 6.92 Å². The molecule has 2 saturated carbocycles. The predicted octanol–water partition coefficient (Wildman–Crippen LogP) is 3.32. The van der Waals surface area contributed by atoms with Crippen molar-refractivity contribution in [1.29, 1.82) is 0 Å². The maximum Gasteiger partial charge on any atom is 0.255 e.